The predicted molar refractivity (Wildman–Crippen MR) is 131 cm³/mol. The summed E-state index contributed by atoms with van der Waals surface area (Å²) in [4.78, 5) is 26.0. The van der Waals surface area contributed by atoms with Crippen LogP contribution in [0.15, 0.2) is 77.3 Å². The van der Waals surface area contributed by atoms with Crippen molar-refractivity contribution in [3.8, 4) is 17.0 Å². The number of halogens is 1. The number of rotatable bonds is 6. The summed E-state index contributed by atoms with van der Waals surface area (Å²) in [5.74, 6) is 0.531. The highest BCUT2D eigenvalue weighted by molar-refractivity contribution is 9.10. The quantitative estimate of drug-likeness (QED) is 0.253. The molecule has 0 spiro atoms. The summed E-state index contributed by atoms with van der Waals surface area (Å²) in [6.45, 7) is 2.49. The van der Waals surface area contributed by atoms with Gasteiger partial charge in [-0.05, 0) is 73.2 Å². The molecule has 1 N–H and O–H groups in total. The Balaban J connectivity index is 1.65. The van der Waals surface area contributed by atoms with Crippen molar-refractivity contribution >= 4 is 33.2 Å². The lowest BCUT2D eigenvalue weighted by atomic mass is 9.95. The number of carbonyl (C=O) groups excluding carboxylic acids is 1. The van der Waals surface area contributed by atoms with Gasteiger partial charge in [0.05, 0.1) is 23.3 Å². The highest BCUT2D eigenvalue weighted by Gasteiger charge is 2.43. The van der Waals surface area contributed by atoms with Crippen molar-refractivity contribution in [1.82, 2.24) is 10.2 Å². The molecule has 1 aromatic heterocycles. The zero-order valence-electron chi connectivity index (χ0n) is 18.1. The normalized spacial score (nSPS) is 14.8. The van der Waals surface area contributed by atoms with E-state index in [2.05, 4.69) is 26.1 Å². The second-order valence-electron chi connectivity index (χ2n) is 7.72. The second kappa shape index (κ2) is 8.75. The number of ether oxygens (including phenoxy) is 1. The minimum absolute atomic E-state index is 0.0116. The molecular formula is C25H19BrN4O4. The highest BCUT2D eigenvalue weighted by Crippen LogP contribution is 2.45. The van der Waals surface area contributed by atoms with Crippen LogP contribution in [0.1, 0.15) is 34.6 Å². The van der Waals surface area contributed by atoms with Gasteiger partial charge < -0.3 is 4.74 Å². The first-order valence-electron chi connectivity index (χ1n) is 10.6. The number of fused-ring (bicyclic) bond motifs is 1. The van der Waals surface area contributed by atoms with E-state index in [1.165, 1.54) is 12.1 Å². The molecule has 8 nitrogen and oxygen atoms in total. The first-order chi connectivity index (χ1) is 16.5. The van der Waals surface area contributed by atoms with Gasteiger partial charge in [0.1, 0.15) is 11.4 Å². The van der Waals surface area contributed by atoms with E-state index in [0.717, 1.165) is 26.9 Å². The Morgan fingerprint density at radius 2 is 1.74 bits per heavy atom. The molecule has 0 radical (unpaired) electrons. The van der Waals surface area contributed by atoms with Crippen LogP contribution in [0.2, 0.25) is 0 Å². The third-order valence-corrected chi connectivity index (χ3v) is 6.26. The first-order valence-corrected chi connectivity index (χ1v) is 11.4. The van der Waals surface area contributed by atoms with Crippen LogP contribution in [0, 0.1) is 10.1 Å². The summed E-state index contributed by atoms with van der Waals surface area (Å²) < 4.78 is 6.44. The molecule has 0 saturated heterocycles. The molecule has 4 aromatic rings. The zero-order valence-corrected chi connectivity index (χ0v) is 19.7. The maximum atomic E-state index is 13.5. The third-order valence-electron chi connectivity index (χ3n) is 5.73. The molecule has 34 heavy (non-hydrogen) atoms. The van der Waals surface area contributed by atoms with E-state index in [-0.39, 0.29) is 11.6 Å². The maximum absolute atomic E-state index is 13.5. The van der Waals surface area contributed by atoms with E-state index >= 15 is 0 Å². The summed E-state index contributed by atoms with van der Waals surface area (Å²) in [6.07, 6.45) is 0. The fourth-order valence-electron chi connectivity index (χ4n) is 4.20. The number of aromatic nitrogens is 2. The highest BCUT2D eigenvalue weighted by atomic mass is 79.9. The molecule has 2 heterocycles. The Morgan fingerprint density at radius 1 is 1.06 bits per heavy atom. The number of nitro groups is 1. The molecule has 0 aliphatic carbocycles. The molecule has 0 unspecified atom stereocenters. The van der Waals surface area contributed by atoms with Crippen LogP contribution < -0.4 is 9.64 Å². The summed E-state index contributed by atoms with van der Waals surface area (Å²) in [5, 5.41) is 18.6. The minimum Gasteiger partial charge on any atom is -0.494 e. The lowest BCUT2D eigenvalue weighted by molar-refractivity contribution is -0.384. The summed E-state index contributed by atoms with van der Waals surface area (Å²) in [6, 6.07) is 20.8. The van der Waals surface area contributed by atoms with Crippen LogP contribution in [0.3, 0.4) is 0 Å². The van der Waals surface area contributed by atoms with Crippen LogP contribution in [0.4, 0.5) is 11.4 Å². The number of amides is 1. The van der Waals surface area contributed by atoms with Crippen LogP contribution in [-0.2, 0) is 0 Å². The Morgan fingerprint density at radius 3 is 2.35 bits per heavy atom. The van der Waals surface area contributed by atoms with Crippen molar-refractivity contribution in [1.29, 1.82) is 0 Å². The number of benzene rings is 3. The molecular weight excluding hydrogens is 500 g/mol. The van der Waals surface area contributed by atoms with Crippen molar-refractivity contribution in [2.24, 2.45) is 0 Å². The van der Waals surface area contributed by atoms with Crippen molar-refractivity contribution in [3.05, 3.63) is 104 Å². The SMILES string of the molecule is CCOc1ccc(-c2n[nH]c3c2[C@@H](c2ccc([N+](=O)[O-])cc2)N(c2ccc(Br)cc2)C3=O)cc1. The number of carbonyl (C=O) groups is 1. The van der Waals surface area contributed by atoms with Crippen molar-refractivity contribution in [2.75, 3.05) is 11.5 Å². The van der Waals surface area contributed by atoms with Gasteiger partial charge in [0.25, 0.3) is 11.6 Å². The molecule has 0 saturated carbocycles. The van der Waals surface area contributed by atoms with Gasteiger partial charge in [-0.2, -0.15) is 5.10 Å². The van der Waals surface area contributed by atoms with Crippen LogP contribution >= 0.6 is 15.9 Å². The third kappa shape index (κ3) is 3.73. The average molecular weight is 519 g/mol. The van der Waals surface area contributed by atoms with Gasteiger partial charge in [-0.15, -0.1) is 0 Å². The maximum Gasteiger partial charge on any atom is 0.277 e. The molecule has 5 rings (SSSR count). The fourth-order valence-corrected chi connectivity index (χ4v) is 4.47. The molecule has 3 aromatic carbocycles. The average Bonchev–Trinajstić information content (AvgIpc) is 3.39. The summed E-state index contributed by atoms with van der Waals surface area (Å²) in [5.41, 5.74) is 4.05. The lowest BCUT2D eigenvalue weighted by Gasteiger charge is -2.26. The van der Waals surface area contributed by atoms with Crippen molar-refractivity contribution in [2.45, 2.75) is 13.0 Å². The molecule has 1 amide bonds. The number of hydrogen-bond donors (Lipinski definition) is 1. The molecule has 1 aliphatic heterocycles. The van der Waals surface area contributed by atoms with Gasteiger partial charge >= 0.3 is 0 Å². The fraction of sp³-hybridized carbons (Fsp3) is 0.120. The summed E-state index contributed by atoms with van der Waals surface area (Å²) >= 11 is 3.44. The first kappa shape index (κ1) is 21.8. The van der Waals surface area contributed by atoms with Gasteiger partial charge in [-0.3, -0.25) is 24.9 Å². The number of anilines is 1. The number of hydrogen-bond acceptors (Lipinski definition) is 5. The number of nitrogens with one attached hydrogen (secondary N) is 1. The van der Waals surface area contributed by atoms with E-state index in [9.17, 15) is 14.9 Å². The zero-order chi connectivity index (χ0) is 23.8. The van der Waals surface area contributed by atoms with E-state index in [0.29, 0.717) is 23.7 Å². The van der Waals surface area contributed by atoms with Crippen molar-refractivity contribution < 1.29 is 14.5 Å². The predicted octanol–water partition coefficient (Wildman–Crippen LogP) is 5.90. The molecule has 0 bridgehead atoms. The number of nitro benzene ring substituents is 1. The summed E-state index contributed by atoms with van der Waals surface area (Å²) in [7, 11) is 0. The Bertz CT molecular complexity index is 1370. The number of H-pyrrole nitrogens is 1. The van der Waals surface area contributed by atoms with E-state index in [1.54, 1.807) is 17.0 Å². The van der Waals surface area contributed by atoms with Crippen LogP contribution in [0.25, 0.3) is 11.3 Å². The minimum atomic E-state index is -0.509. The largest absolute Gasteiger partial charge is 0.494 e. The van der Waals surface area contributed by atoms with Crippen LogP contribution in [-0.4, -0.2) is 27.6 Å². The van der Waals surface area contributed by atoms with Crippen molar-refractivity contribution in [3.63, 3.8) is 0 Å². The monoisotopic (exact) mass is 518 g/mol. The van der Waals surface area contributed by atoms with Gasteiger partial charge in [0.2, 0.25) is 0 Å². The van der Waals surface area contributed by atoms with Crippen LogP contribution in [0.5, 0.6) is 5.75 Å². The molecule has 1 aliphatic rings. The Hall–Kier alpha value is -3.98. The molecule has 0 fully saturated rings. The second-order valence-corrected chi connectivity index (χ2v) is 8.64. The molecule has 1 atom stereocenters. The van der Waals surface area contributed by atoms with E-state index in [4.69, 9.17) is 4.74 Å². The Kier molecular flexibility index (Phi) is 5.62. The van der Waals surface area contributed by atoms with Gasteiger partial charge in [-0.25, -0.2) is 0 Å². The number of aromatic amines is 1. The molecule has 9 heteroatoms. The topological polar surface area (TPSA) is 101 Å². The van der Waals surface area contributed by atoms with E-state index in [1.807, 2.05) is 55.5 Å². The smallest absolute Gasteiger partial charge is 0.277 e. The molecule has 170 valence electrons. The number of nitrogens with zero attached hydrogens (tertiary/aromatic N) is 3. The van der Waals surface area contributed by atoms with E-state index < -0.39 is 11.0 Å². The van der Waals surface area contributed by atoms with Gasteiger partial charge in [0.15, 0.2) is 0 Å². The number of non-ortho nitro benzene ring substituents is 1. The Labute approximate surface area is 203 Å². The van der Waals surface area contributed by atoms with Gasteiger partial charge in [-0.1, -0.05) is 15.9 Å². The van der Waals surface area contributed by atoms with Gasteiger partial charge in [0, 0.05) is 33.4 Å². The standard InChI is InChI=1S/C25H19BrN4O4/c1-2-34-20-13-5-15(6-14-20)22-21-23(28-27-22)25(31)29(18-11-7-17(26)8-12-18)24(21)16-3-9-19(10-4-16)30(32)33/h3-14,24H,2H2,1H3,(H,27,28)/t24-/m1/s1. The lowest BCUT2D eigenvalue weighted by Crippen LogP contribution is -2.29.